The van der Waals surface area contributed by atoms with Crippen LogP contribution in [0.25, 0.3) is 0 Å². The molecule has 1 aliphatic carbocycles. The average Bonchev–Trinajstić information content (AvgIpc) is 2.26. The maximum Gasteiger partial charge on any atom is 0.179 e. The molecule has 0 N–H and O–H groups in total. The predicted octanol–water partition coefficient (Wildman–Crippen LogP) is 2.32. The third-order valence-corrected chi connectivity index (χ3v) is 3.55. The molecule has 0 radical (unpaired) electrons. The molecule has 4 heteroatoms. The normalized spacial score (nSPS) is 23.0. The fourth-order valence-corrected chi connectivity index (χ4v) is 2.61. The zero-order chi connectivity index (χ0) is 15.0. The Labute approximate surface area is 114 Å². The maximum atomic E-state index is 12.4. The molecule has 0 aromatic heterocycles. The van der Waals surface area contributed by atoms with E-state index in [9.17, 15) is 14.4 Å². The van der Waals surface area contributed by atoms with Crippen molar-refractivity contribution in [3.8, 4) is 0 Å². The van der Waals surface area contributed by atoms with Crippen LogP contribution in [0.5, 0.6) is 0 Å². The Kier molecular flexibility index (Phi) is 4.33. The van der Waals surface area contributed by atoms with Crippen molar-refractivity contribution >= 4 is 17.3 Å². The number of hydrogen-bond donors (Lipinski definition) is 0. The van der Waals surface area contributed by atoms with Crippen molar-refractivity contribution in [2.45, 2.75) is 41.0 Å². The molecule has 1 rings (SSSR count). The second-order valence-electron chi connectivity index (χ2n) is 6.01. The van der Waals surface area contributed by atoms with Gasteiger partial charge in [0, 0.05) is 12.0 Å². The highest BCUT2D eigenvalue weighted by Gasteiger charge is 2.50. The number of hydrogen-bond acceptors (Lipinski definition) is 4. The number of carbonyl (C=O) groups excluding carboxylic acids is 3. The Morgan fingerprint density at radius 2 is 1.84 bits per heavy atom. The van der Waals surface area contributed by atoms with Crippen molar-refractivity contribution in [3.63, 3.8) is 0 Å². The topological polar surface area (TPSA) is 60.4 Å². The second kappa shape index (κ2) is 5.27. The Bertz CT molecular complexity index is 455. The van der Waals surface area contributed by atoms with Crippen LogP contribution in [0.3, 0.4) is 0 Å². The number of allylic oxidation sites excluding steroid dienone is 2. The van der Waals surface area contributed by atoms with Crippen molar-refractivity contribution in [2.75, 3.05) is 7.11 Å². The Morgan fingerprint density at radius 1 is 1.32 bits per heavy atom. The van der Waals surface area contributed by atoms with E-state index in [1.165, 1.54) is 7.11 Å². The minimum Gasteiger partial charge on any atom is -0.500 e. The molecule has 0 fully saturated rings. The van der Waals surface area contributed by atoms with Crippen LogP contribution in [0.1, 0.15) is 41.0 Å². The summed E-state index contributed by atoms with van der Waals surface area (Å²) in [5, 5.41) is 0. The number of methoxy groups -OCH3 is 1. The number of rotatable bonds is 4. The van der Waals surface area contributed by atoms with Crippen molar-refractivity contribution in [1.82, 2.24) is 0 Å². The highest BCUT2D eigenvalue weighted by molar-refractivity contribution is 6.27. The second-order valence-corrected chi connectivity index (χ2v) is 6.01. The summed E-state index contributed by atoms with van der Waals surface area (Å²) in [6.45, 7) is 8.79. The minimum atomic E-state index is -1.16. The molecule has 0 aromatic carbocycles. The van der Waals surface area contributed by atoms with E-state index >= 15 is 0 Å². The van der Waals surface area contributed by atoms with Crippen molar-refractivity contribution in [2.24, 2.45) is 17.3 Å². The summed E-state index contributed by atoms with van der Waals surface area (Å²) in [4.78, 5) is 36.8. The number of ether oxygens (including phenoxy) is 1. The van der Waals surface area contributed by atoms with Gasteiger partial charge in [-0.05, 0) is 26.7 Å². The molecule has 0 heterocycles. The van der Waals surface area contributed by atoms with E-state index in [2.05, 4.69) is 0 Å². The van der Waals surface area contributed by atoms with Crippen molar-refractivity contribution < 1.29 is 19.1 Å². The summed E-state index contributed by atoms with van der Waals surface area (Å²) in [6.07, 6.45) is 0.244. The fraction of sp³-hybridized carbons (Fsp3) is 0.667. The summed E-state index contributed by atoms with van der Waals surface area (Å²) in [5.74, 6) is -1.71. The first-order chi connectivity index (χ1) is 8.64. The summed E-state index contributed by atoms with van der Waals surface area (Å²) < 4.78 is 5.20. The number of carbonyl (C=O) groups is 3. The number of ketones is 3. The predicted molar refractivity (Wildman–Crippen MR) is 71.5 cm³/mol. The zero-order valence-electron chi connectivity index (χ0n) is 12.5. The molecule has 1 atom stereocenters. The summed E-state index contributed by atoms with van der Waals surface area (Å²) in [6, 6.07) is 0. The first kappa shape index (κ1) is 15.6. The van der Waals surface area contributed by atoms with E-state index in [0.29, 0.717) is 11.3 Å². The molecule has 0 aliphatic heterocycles. The molecule has 0 saturated heterocycles. The first-order valence-electron chi connectivity index (χ1n) is 6.51. The Balaban J connectivity index is 3.25. The van der Waals surface area contributed by atoms with Gasteiger partial charge in [-0.2, -0.15) is 0 Å². The molecule has 4 nitrogen and oxygen atoms in total. The first-order valence-corrected chi connectivity index (χ1v) is 6.51. The lowest BCUT2D eigenvalue weighted by Gasteiger charge is -2.34. The van der Waals surface area contributed by atoms with E-state index in [-0.39, 0.29) is 23.9 Å². The van der Waals surface area contributed by atoms with Gasteiger partial charge in [0.25, 0.3) is 0 Å². The molecule has 19 heavy (non-hydrogen) atoms. The summed E-state index contributed by atoms with van der Waals surface area (Å²) in [5.41, 5.74) is -0.543. The lowest BCUT2D eigenvalue weighted by Crippen LogP contribution is -2.46. The highest BCUT2D eigenvalue weighted by Crippen LogP contribution is 2.39. The third kappa shape index (κ3) is 2.62. The van der Waals surface area contributed by atoms with E-state index in [1.807, 2.05) is 13.8 Å². The molecule has 0 amide bonds. The van der Waals surface area contributed by atoms with Gasteiger partial charge in [-0.25, -0.2) is 0 Å². The smallest absolute Gasteiger partial charge is 0.179 e. The van der Waals surface area contributed by atoms with E-state index in [1.54, 1.807) is 20.8 Å². The molecular formula is C15H22O4. The standard InChI is InChI=1S/C15H22O4/c1-8(2)7-10(16)11-12(17)9(3)14(19-6)15(4,5)13(11)18/h8,11H,7H2,1-6H3. The Morgan fingerprint density at radius 3 is 2.26 bits per heavy atom. The highest BCUT2D eigenvalue weighted by atomic mass is 16.5. The van der Waals surface area contributed by atoms with Crippen LogP contribution in [-0.4, -0.2) is 24.5 Å². The molecule has 106 valence electrons. The van der Waals surface area contributed by atoms with Gasteiger partial charge in [-0.15, -0.1) is 0 Å². The van der Waals surface area contributed by atoms with E-state index in [4.69, 9.17) is 4.74 Å². The van der Waals surface area contributed by atoms with Gasteiger partial charge < -0.3 is 4.74 Å². The van der Waals surface area contributed by atoms with Gasteiger partial charge in [0.2, 0.25) is 0 Å². The zero-order valence-corrected chi connectivity index (χ0v) is 12.5. The lowest BCUT2D eigenvalue weighted by molar-refractivity contribution is -0.144. The van der Waals surface area contributed by atoms with Gasteiger partial charge >= 0.3 is 0 Å². The van der Waals surface area contributed by atoms with Crippen LogP contribution < -0.4 is 0 Å². The van der Waals surface area contributed by atoms with Gasteiger partial charge in [0.05, 0.1) is 12.5 Å². The fourth-order valence-electron chi connectivity index (χ4n) is 2.61. The third-order valence-electron chi connectivity index (χ3n) is 3.55. The average molecular weight is 266 g/mol. The Hall–Kier alpha value is -1.45. The van der Waals surface area contributed by atoms with Crippen LogP contribution >= 0.6 is 0 Å². The molecule has 1 unspecified atom stereocenters. The molecule has 0 spiro atoms. The van der Waals surface area contributed by atoms with E-state index in [0.717, 1.165) is 0 Å². The van der Waals surface area contributed by atoms with Crippen LogP contribution in [0.2, 0.25) is 0 Å². The monoisotopic (exact) mass is 266 g/mol. The molecular weight excluding hydrogens is 244 g/mol. The van der Waals surface area contributed by atoms with E-state index < -0.39 is 17.1 Å². The van der Waals surface area contributed by atoms with Gasteiger partial charge in [0.15, 0.2) is 17.3 Å². The largest absolute Gasteiger partial charge is 0.500 e. The summed E-state index contributed by atoms with van der Waals surface area (Å²) in [7, 11) is 1.44. The van der Waals surface area contributed by atoms with Gasteiger partial charge in [0.1, 0.15) is 11.7 Å². The molecule has 0 bridgehead atoms. The number of Topliss-reactive ketones (excluding diaryl/α,β-unsaturated/α-hetero) is 3. The minimum absolute atomic E-state index is 0.129. The van der Waals surface area contributed by atoms with Crippen LogP contribution in [0.4, 0.5) is 0 Å². The van der Waals surface area contributed by atoms with Crippen LogP contribution in [-0.2, 0) is 19.1 Å². The molecule has 1 aliphatic rings. The lowest BCUT2D eigenvalue weighted by atomic mass is 9.68. The van der Waals surface area contributed by atoms with Crippen molar-refractivity contribution in [3.05, 3.63) is 11.3 Å². The molecule has 0 aromatic rings. The van der Waals surface area contributed by atoms with Crippen molar-refractivity contribution in [1.29, 1.82) is 0 Å². The SMILES string of the molecule is COC1=C(C)C(=O)C(C(=O)CC(C)C)C(=O)C1(C)C. The molecule has 0 saturated carbocycles. The van der Waals surface area contributed by atoms with Gasteiger partial charge in [-0.1, -0.05) is 13.8 Å². The maximum absolute atomic E-state index is 12.4. The summed E-state index contributed by atoms with van der Waals surface area (Å²) >= 11 is 0. The van der Waals surface area contributed by atoms with Gasteiger partial charge in [-0.3, -0.25) is 14.4 Å². The van der Waals surface area contributed by atoms with Crippen LogP contribution in [0.15, 0.2) is 11.3 Å². The quantitative estimate of drug-likeness (QED) is 0.733. The van der Waals surface area contributed by atoms with Crippen LogP contribution in [0, 0.1) is 17.3 Å².